The zero-order valence-corrected chi connectivity index (χ0v) is 15.3. The van der Waals surface area contributed by atoms with Crippen molar-refractivity contribution in [3.05, 3.63) is 40.0 Å². The Morgan fingerprint density at radius 2 is 2.32 bits per heavy atom. The normalized spacial score (nSPS) is 17.2. The van der Waals surface area contributed by atoms with Gasteiger partial charge < -0.3 is 15.4 Å². The maximum absolute atomic E-state index is 12.2. The summed E-state index contributed by atoms with van der Waals surface area (Å²) in [6.45, 7) is 4.11. The van der Waals surface area contributed by atoms with E-state index in [9.17, 15) is 4.79 Å². The monoisotopic (exact) mass is 360 g/mol. The van der Waals surface area contributed by atoms with Crippen LogP contribution in [0.25, 0.3) is 0 Å². The van der Waals surface area contributed by atoms with Gasteiger partial charge in [0.25, 0.3) is 5.91 Å². The number of amides is 1. The molecular formula is C18H24N4O2S. The van der Waals surface area contributed by atoms with E-state index in [2.05, 4.69) is 27.5 Å². The lowest BCUT2D eigenvalue weighted by atomic mass is 10.1. The van der Waals surface area contributed by atoms with Crippen molar-refractivity contribution in [2.24, 2.45) is 0 Å². The summed E-state index contributed by atoms with van der Waals surface area (Å²) in [6.07, 6.45) is 6.22. The van der Waals surface area contributed by atoms with Gasteiger partial charge in [-0.25, -0.2) is 9.97 Å². The second kappa shape index (κ2) is 8.92. The fourth-order valence-electron chi connectivity index (χ4n) is 2.67. The van der Waals surface area contributed by atoms with Crippen molar-refractivity contribution >= 4 is 23.1 Å². The number of carbonyl (C=O) groups excluding carboxylic acids is 1. The lowest BCUT2D eigenvalue weighted by Crippen LogP contribution is -2.27. The van der Waals surface area contributed by atoms with Crippen molar-refractivity contribution in [2.75, 3.05) is 18.5 Å². The molecule has 1 fully saturated rings. The van der Waals surface area contributed by atoms with Crippen LogP contribution in [0.2, 0.25) is 0 Å². The molecule has 0 spiro atoms. The molecule has 2 N–H and O–H groups in total. The molecule has 1 aliphatic heterocycles. The predicted octanol–water partition coefficient (Wildman–Crippen LogP) is 3.01. The molecule has 25 heavy (non-hydrogen) atoms. The van der Waals surface area contributed by atoms with E-state index in [4.69, 9.17) is 4.74 Å². The molecule has 134 valence electrons. The van der Waals surface area contributed by atoms with Crippen LogP contribution in [0.5, 0.6) is 0 Å². The molecule has 0 aromatic carbocycles. The quantitative estimate of drug-likeness (QED) is 0.794. The van der Waals surface area contributed by atoms with Crippen LogP contribution in [-0.4, -0.2) is 35.1 Å². The molecule has 2 aromatic heterocycles. The van der Waals surface area contributed by atoms with Gasteiger partial charge in [0.1, 0.15) is 10.8 Å². The predicted molar refractivity (Wildman–Crippen MR) is 99.0 cm³/mol. The van der Waals surface area contributed by atoms with E-state index in [1.54, 1.807) is 23.6 Å². The molecule has 6 nitrogen and oxygen atoms in total. The topological polar surface area (TPSA) is 76.1 Å². The van der Waals surface area contributed by atoms with Crippen molar-refractivity contribution in [2.45, 2.75) is 45.3 Å². The number of ether oxygens (including phenoxy) is 1. The highest BCUT2D eigenvalue weighted by Crippen LogP contribution is 2.14. The zero-order valence-electron chi connectivity index (χ0n) is 14.5. The standard InChI is InChI=1S/C18H24N4O2S/c1-2-14-12-25-17(22-14)11-21-18(23)13-6-7-16(19-9-13)20-10-15-5-3-4-8-24-15/h6-7,9,12,15H,2-5,8,10-11H2,1H3,(H,19,20)(H,21,23)/t15-/m0/s1. The summed E-state index contributed by atoms with van der Waals surface area (Å²) in [7, 11) is 0. The average molecular weight is 360 g/mol. The van der Waals surface area contributed by atoms with Gasteiger partial charge in [-0.05, 0) is 37.8 Å². The highest BCUT2D eigenvalue weighted by atomic mass is 32.1. The molecule has 3 rings (SSSR count). The Hall–Kier alpha value is -1.99. The Morgan fingerprint density at radius 3 is 3.00 bits per heavy atom. The van der Waals surface area contributed by atoms with Crippen LogP contribution in [0.15, 0.2) is 23.7 Å². The summed E-state index contributed by atoms with van der Waals surface area (Å²) < 4.78 is 5.69. The second-order valence-electron chi connectivity index (χ2n) is 6.07. The van der Waals surface area contributed by atoms with Gasteiger partial charge in [-0.1, -0.05) is 6.92 Å². The number of anilines is 1. The van der Waals surface area contributed by atoms with Gasteiger partial charge >= 0.3 is 0 Å². The molecule has 7 heteroatoms. The Morgan fingerprint density at radius 1 is 1.40 bits per heavy atom. The number of nitrogens with one attached hydrogen (secondary N) is 2. The Balaban J connectivity index is 1.46. The second-order valence-corrected chi connectivity index (χ2v) is 7.01. The summed E-state index contributed by atoms with van der Waals surface area (Å²) in [5.41, 5.74) is 1.61. The van der Waals surface area contributed by atoms with Crippen LogP contribution in [0, 0.1) is 0 Å². The minimum Gasteiger partial charge on any atom is -0.376 e. The molecule has 1 amide bonds. The first-order chi connectivity index (χ1) is 12.2. The molecule has 0 saturated carbocycles. The molecule has 2 aromatic rings. The molecule has 1 atom stereocenters. The maximum Gasteiger partial charge on any atom is 0.253 e. The van der Waals surface area contributed by atoms with Crippen LogP contribution in [0.1, 0.15) is 47.2 Å². The van der Waals surface area contributed by atoms with E-state index in [1.165, 1.54) is 6.42 Å². The largest absolute Gasteiger partial charge is 0.376 e. The highest BCUT2D eigenvalue weighted by Gasteiger charge is 2.13. The number of thiazole rings is 1. The Labute approximate surface area is 152 Å². The number of pyridine rings is 1. The number of aromatic nitrogens is 2. The summed E-state index contributed by atoms with van der Waals surface area (Å²) in [4.78, 5) is 21.0. The lowest BCUT2D eigenvalue weighted by molar-refractivity contribution is 0.0247. The van der Waals surface area contributed by atoms with Gasteiger partial charge in [0.15, 0.2) is 0 Å². The SMILES string of the molecule is CCc1csc(CNC(=O)c2ccc(NC[C@@H]3CCCCO3)nc2)n1. The summed E-state index contributed by atoms with van der Waals surface area (Å²) >= 11 is 1.57. The third-order valence-electron chi connectivity index (χ3n) is 4.17. The maximum atomic E-state index is 12.2. The van der Waals surface area contributed by atoms with Crippen molar-refractivity contribution in [1.82, 2.24) is 15.3 Å². The minimum atomic E-state index is -0.136. The smallest absolute Gasteiger partial charge is 0.253 e. The van der Waals surface area contributed by atoms with Gasteiger partial charge in [0, 0.05) is 24.7 Å². The Kier molecular flexibility index (Phi) is 6.36. The highest BCUT2D eigenvalue weighted by molar-refractivity contribution is 7.09. The van der Waals surface area contributed by atoms with Crippen LogP contribution in [-0.2, 0) is 17.7 Å². The average Bonchev–Trinajstić information content (AvgIpc) is 3.14. The molecule has 0 radical (unpaired) electrons. The van der Waals surface area contributed by atoms with E-state index in [-0.39, 0.29) is 12.0 Å². The van der Waals surface area contributed by atoms with Gasteiger partial charge in [0.2, 0.25) is 0 Å². The molecule has 1 aliphatic rings. The molecule has 0 bridgehead atoms. The summed E-state index contributed by atoms with van der Waals surface area (Å²) in [5, 5.41) is 9.10. The van der Waals surface area contributed by atoms with Gasteiger partial charge in [-0.15, -0.1) is 11.3 Å². The van der Waals surface area contributed by atoms with Crippen molar-refractivity contribution in [3.8, 4) is 0 Å². The van der Waals surface area contributed by atoms with E-state index >= 15 is 0 Å². The zero-order chi connectivity index (χ0) is 17.5. The van der Waals surface area contributed by atoms with E-state index < -0.39 is 0 Å². The van der Waals surface area contributed by atoms with E-state index in [0.29, 0.717) is 12.1 Å². The first kappa shape index (κ1) is 17.8. The minimum absolute atomic E-state index is 0.136. The molecular weight excluding hydrogens is 336 g/mol. The molecule has 3 heterocycles. The van der Waals surface area contributed by atoms with Crippen molar-refractivity contribution < 1.29 is 9.53 Å². The number of aryl methyl sites for hydroxylation is 1. The van der Waals surface area contributed by atoms with Gasteiger partial charge in [-0.2, -0.15) is 0 Å². The number of rotatable bonds is 7. The molecule has 0 unspecified atom stereocenters. The number of hydrogen-bond acceptors (Lipinski definition) is 6. The van der Waals surface area contributed by atoms with Crippen molar-refractivity contribution in [1.29, 1.82) is 0 Å². The van der Waals surface area contributed by atoms with Crippen LogP contribution in [0.4, 0.5) is 5.82 Å². The molecule has 1 saturated heterocycles. The third-order valence-corrected chi connectivity index (χ3v) is 5.07. The Bertz CT molecular complexity index is 681. The fraction of sp³-hybridized carbons (Fsp3) is 0.500. The summed E-state index contributed by atoms with van der Waals surface area (Å²) in [6, 6.07) is 3.61. The summed E-state index contributed by atoms with van der Waals surface area (Å²) in [5.74, 6) is 0.626. The first-order valence-electron chi connectivity index (χ1n) is 8.77. The van der Waals surface area contributed by atoms with E-state index in [1.807, 2.05) is 11.4 Å². The van der Waals surface area contributed by atoms with Crippen LogP contribution >= 0.6 is 11.3 Å². The third kappa shape index (κ3) is 5.24. The number of nitrogens with zero attached hydrogens (tertiary/aromatic N) is 2. The first-order valence-corrected chi connectivity index (χ1v) is 9.65. The van der Waals surface area contributed by atoms with Crippen LogP contribution in [0.3, 0.4) is 0 Å². The number of carbonyl (C=O) groups is 1. The molecule has 0 aliphatic carbocycles. The fourth-order valence-corrected chi connectivity index (χ4v) is 3.49. The lowest BCUT2D eigenvalue weighted by Gasteiger charge is -2.22. The van der Waals surface area contributed by atoms with Crippen molar-refractivity contribution in [3.63, 3.8) is 0 Å². The van der Waals surface area contributed by atoms with Crippen LogP contribution < -0.4 is 10.6 Å². The van der Waals surface area contributed by atoms with Gasteiger partial charge in [0.05, 0.1) is 23.9 Å². The van der Waals surface area contributed by atoms with E-state index in [0.717, 1.165) is 48.9 Å². The van der Waals surface area contributed by atoms with Gasteiger partial charge in [-0.3, -0.25) is 4.79 Å². The number of hydrogen-bond donors (Lipinski definition) is 2.